The topological polar surface area (TPSA) is 89.0 Å². The zero-order chi connectivity index (χ0) is 22.3. The second kappa shape index (κ2) is 9.98. The van der Waals surface area contributed by atoms with Gasteiger partial charge in [-0.15, -0.1) is 0 Å². The molecule has 0 saturated carbocycles. The van der Waals surface area contributed by atoms with Gasteiger partial charge in [0.25, 0.3) is 11.8 Å². The van der Waals surface area contributed by atoms with Crippen molar-refractivity contribution in [3.63, 3.8) is 0 Å². The fourth-order valence-electron chi connectivity index (χ4n) is 3.07. The number of hydrogen-bond donors (Lipinski definition) is 2. The van der Waals surface area contributed by atoms with Crippen LogP contribution in [-0.2, 0) is 16.2 Å². The molecule has 3 aromatic rings. The van der Waals surface area contributed by atoms with Gasteiger partial charge in [-0.1, -0.05) is 59.2 Å². The van der Waals surface area contributed by atoms with Crippen LogP contribution in [0.2, 0.25) is 5.02 Å². The third-order valence-corrected chi connectivity index (χ3v) is 5.08. The molecule has 7 nitrogen and oxygen atoms in total. The lowest BCUT2D eigenvalue weighted by molar-refractivity contribution is -0.115. The number of oxime groups is 1. The standard InChI is InChI=1S/C24H20ClN3O4/c25-19-10-12-20(13-11-19)31-15-16-6-8-18(9-7-16)23(29)26-27-24(30)21-14-22(32-28-21)17-4-2-1-3-5-17/h1-13,22H,14-15H2,(H,26,29)(H,27,30). The molecule has 2 N–H and O–H groups in total. The minimum Gasteiger partial charge on any atom is -0.489 e. The Labute approximate surface area is 190 Å². The second-order valence-corrected chi connectivity index (χ2v) is 7.53. The fraction of sp³-hybridized carbons (Fsp3) is 0.125. The molecular weight excluding hydrogens is 430 g/mol. The van der Waals surface area contributed by atoms with Crippen LogP contribution in [0.25, 0.3) is 0 Å². The Morgan fingerprint density at radius 1 is 0.938 bits per heavy atom. The summed E-state index contributed by atoms with van der Waals surface area (Å²) >= 11 is 5.86. The Morgan fingerprint density at radius 3 is 2.34 bits per heavy atom. The summed E-state index contributed by atoms with van der Waals surface area (Å²) < 4.78 is 5.68. The van der Waals surface area contributed by atoms with Gasteiger partial charge in [-0.25, -0.2) is 0 Å². The van der Waals surface area contributed by atoms with Gasteiger partial charge in [0, 0.05) is 17.0 Å². The maximum Gasteiger partial charge on any atom is 0.287 e. The lowest BCUT2D eigenvalue weighted by Crippen LogP contribution is -2.44. The SMILES string of the molecule is O=C(NNC(=O)c1ccc(COc2ccc(Cl)cc2)cc1)C1=NOC(c2ccccc2)C1. The molecule has 1 heterocycles. The van der Waals surface area contributed by atoms with E-state index in [2.05, 4.69) is 16.0 Å². The number of carbonyl (C=O) groups is 2. The average molecular weight is 450 g/mol. The van der Waals surface area contributed by atoms with E-state index in [4.69, 9.17) is 21.2 Å². The monoisotopic (exact) mass is 449 g/mol. The molecule has 1 aliphatic rings. The highest BCUT2D eigenvalue weighted by Crippen LogP contribution is 2.26. The van der Waals surface area contributed by atoms with Crippen LogP contribution in [0.1, 0.15) is 34.0 Å². The van der Waals surface area contributed by atoms with Gasteiger partial charge in [-0.3, -0.25) is 20.4 Å². The second-order valence-electron chi connectivity index (χ2n) is 7.09. The van der Waals surface area contributed by atoms with Crippen LogP contribution in [0.4, 0.5) is 0 Å². The molecule has 1 unspecified atom stereocenters. The van der Waals surface area contributed by atoms with E-state index in [-0.39, 0.29) is 11.8 Å². The quantitative estimate of drug-likeness (QED) is 0.552. The molecule has 0 radical (unpaired) electrons. The number of rotatable bonds is 6. The van der Waals surface area contributed by atoms with E-state index in [9.17, 15) is 9.59 Å². The van der Waals surface area contributed by atoms with E-state index in [0.29, 0.717) is 29.4 Å². The van der Waals surface area contributed by atoms with E-state index in [1.165, 1.54) is 0 Å². The lowest BCUT2D eigenvalue weighted by Gasteiger charge is -2.09. The fourth-order valence-corrected chi connectivity index (χ4v) is 3.19. The van der Waals surface area contributed by atoms with Crippen LogP contribution in [0.5, 0.6) is 5.75 Å². The zero-order valence-electron chi connectivity index (χ0n) is 17.0. The van der Waals surface area contributed by atoms with Gasteiger partial charge in [0.15, 0.2) is 11.8 Å². The Kier molecular flexibility index (Phi) is 6.67. The highest BCUT2D eigenvalue weighted by Gasteiger charge is 2.27. The van der Waals surface area contributed by atoms with Gasteiger partial charge < -0.3 is 9.57 Å². The number of halogens is 1. The molecule has 32 heavy (non-hydrogen) atoms. The van der Waals surface area contributed by atoms with E-state index in [1.54, 1.807) is 48.5 Å². The summed E-state index contributed by atoms with van der Waals surface area (Å²) in [6.45, 7) is 0.350. The lowest BCUT2D eigenvalue weighted by atomic mass is 10.0. The van der Waals surface area contributed by atoms with Crippen molar-refractivity contribution in [2.24, 2.45) is 5.16 Å². The summed E-state index contributed by atoms with van der Waals surface area (Å²) in [5, 5.41) is 4.48. The molecule has 0 spiro atoms. The average Bonchev–Trinajstić information content (AvgIpc) is 3.33. The van der Waals surface area contributed by atoms with Crippen LogP contribution in [-0.4, -0.2) is 17.5 Å². The summed E-state index contributed by atoms with van der Waals surface area (Å²) in [5.74, 6) is -0.250. The van der Waals surface area contributed by atoms with E-state index < -0.39 is 11.8 Å². The number of ether oxygens (including phenoxy) is 1. The molecule has 8 heteroatoms. The third-order valence-electron chi connectivity index (χ3n) is 4.83. The number of amides is 2. The highest BCUT2D eigenvalue weighted by molar-refractivity contribution is 6.39. The van der Waals surface area contributed by atoms with Crippen molar-refractivity contribution in [3.05, 3.63) is 101 Å². The molecule has 1 aliphatic heterocycles. The number of hydrazine groups is 1. The van der Waals surface area contributed by atoms with Crippen molar-refractivity contribution in [1.82, 2.24) is 10.9 Å². The largest absolute Gasteiger partial charge is 0.489 e. The van der Waals surface area contributed by atoms with Crippen LogP contribution in [0.3, 0.4) is 0 Å². The summed E-state index contributed by atoms with van der Waals surface area (Å²) in [5.41, 5.74) is 7.21. The van der Waals surface area contributed by atoms with E-state index in [0.717, 1.165) is 11.1 Å². The van der Waals surface area contributed by atoms with Crippen LogP contribution in [0.15, 0.2) is 84.0 Å². The molecule has 2 amide bonds. The Hall–Kier alpha value is -3.84. The van der Waals surface area contributed by atoms with Crippen LogP contribution < -0.4 is 15.6 Å². The predicted octanol–water partition coefficient (Wildman–Crippen LogP) is 4.20. The molecule has 0 aromatic heterocycles. The number of benzene rings is 3. The first-order valence-corrected chi connectivity index (χ1v) is 10.3. The van der Waals surface area contributed by atoms with Crippen molar-refractivity contribution in [1.29, 1.82) is 0 Å². The smallest absolute Gasteiger partial charge is 0.287 e. The maximum absolute atomic E-state index is 12.3. The summed E-state index contributed by atoms with van der Waals surface area (Å²) in [6, 6.07) is 23.5. The molecule has 4 rings (SSSR count). The van der Waals surface area contributed by atoms with Gasteiger partial charge in [-0.05, 0) is 47.5 Å². The van der Waals surface area contributed by atoms with Crippen LogP contribution in [0, 0.1) is 0 Å². The number of nitrogens with one attached hydrogen (secondary N) is 2. The van der Waals surface area contributed by atoms with Crippen LogP contribution >= 0.6 is 11.6 Å². The summed E-state index contributed by atoms with van der Waals surface area (Å²) in [4.78, 5) is 30.0. The maximum atomic E-state index is 12.3. The Bertz CT molecular complexity index is 1120. The van der Waals surface area contributed by atoms with Gasteiger partial charge in [0.1, 0.15) is 12.4 Å². The third kappa shape index (κ3) is 5.44. The molecule has 0 bridgehead atoms. The van der Waals surface area contributed by atoms with Crippen molar-refractivity contribution in [3.8, 4) is 5.75 Å². The summed E-state index contributed by atoms with van der Waals surface area (Å²) in [6.07, 6.45) is 0.0175. The molecule has 0 saturated heterocycles. The van der Waals surface area contributed by atoms with Gasteiger partial charge in [0.05, 0.1) is 0 Å². The zero-order valence-corrected chi connectivity index (χ0v) is 17.7. The van der Waals surface area contributed by atoms with Crippen molar-refractivity contribution >= 4 is 29.1 Å². The first kappa shape index (κ1) is 21.4. The molecule has 0 fully saturated rings. The van der Waals surface area contributed by atoms with Gasteiger partial charge >= 0.3 is 0 Å². The minimum atomic E-state index is -0.509. The van der Waals surface area contributed by atoms with E-state index in [1.807, 2.05) is 30.3 Å². The number of nitrogens with zero attached hydrogens (tertiary/aromatic N) is 1. The minimum absolute atomic E-state index is 0.217. The molecule has 162 valence electrons. The Balaban J connectivity index is 1.24. The van der Waals surface area contributed by atoms with E-state index >= 15 is 0 Å². The predicted molar refractivity (Wildman–Crippen MR) is 120 cm³/mol. The van der Waals surface area contributed by atoms with Crippen molar-refractivity contribution in [2.75, 3.05) is 0 Å². The molecule has 0 aliphatic carbocycles. The number of carbonyl (C=O) groups excluding carboxylic acids is 2. The molecule has 3 aromatic carbocycles. The van der Waals surface area contributed by atoms with Gasteiger partial charge in [-0.2, -0.15) is 0 Å². The molecular formula is C24H20ClN3O4. The number of hydrogen-bond acceptors (Lipinski definition) is 5. The first-order chi connectivity index (χ1) is 15.6. The van der Waals surface area contributed by atoms with Crippen molar-refractivity contribution < 1.29 is 19.2 Å². The first-order valence-electron chi connectivity index (χ1n) is 9.94. The highest BCUT2D eigenvalue weighted by atomic mass is 35.5. The van der Waals surface area contributed by atoms with Gasteiger partial charge in [0.2, 0.25) is 0 Å². The van der Waals surface area contributed by atoms with Crippen molar-refractivity contribution in [2.45, 2.75) is 19.1 Å². The molecule has 1 atom stereocenters. The Morgan fingerprint density at radius 2 is 1.62 bits per heavy atom. The normalized spacial score (nSPS) is 14.8. The summed E-state index contributed by atoms with van der Waals surface area (Å²) in [7, 11) is 0.